The third-order valence-electron chi connectivity index (χ3n) is 5.59. The number of esters is 2. The van der Waals surface area contributed by atoms with Gasteiger partial charge in [0.25, 0.3) is 0 Å². The first-order valence-electron chi connectivity index (χ1n) is 7.44. The van der Waals surface area contributed by atoms with Crippen molar-refractivity contribution < 1.29 is 14.3 Å². The van der Waals surface area contributed by atoms with Crippen molar-refractivity contribution in [1.29, 1.82) is 0 Å². The van der Waals surface area contributed by atoms with Crippen LogP contribution in [0.4, 0.5) is 0 Å². The zero-order valence-corrected chi connectivity index (χ0v) is 12.4. The maximum Gasteiger partial charge on any atom is 0.317 e. The first-order chi connectivity index (χ1) is 9.91. The molecule has 1 saturated heterocycles. The highest BCUT2D eigenvalue weighted by Crippen LogP contribution is 2.63. The van der Waals surface area contributed by atoms with E-state index >= 15 is 0 Å². The number of hydrogen-bond donors (Lipinski definition) is 0. The molecule has 0 aromatic rings. The van der Waals surface area contributed by atoms with Gasteiger partial charge in [0.15, 0.2) is 0 Å². The lowest BCUT2D eigenvalue weighted by Crippen LogP contribution is -2.27. The smallest absolute Gasteiger partial charge is 0.317 e. The van der Waals surface area contributed by atoms with Gasteiger partial charge in [0, 0.05) is 11.8 Å². The summed E-state index contributed by atoms with van der Waals surface area (Å²) in [5, 5.41) is 0. The number of hydrogen-bond acceptors (Lipinski definition) is 3. The highest BCUT2D eigenvalue weighted by molar-refractivity contribution is 5.97. The summed E-state index contributed by atoms with van der Waals surface area (Å²) in [5.41, 5.74) is 7.48. The van der Waals surface area contributed by atoms with Crippen LogP contribution in [0.15, 0.2) is 46.6 Å². The van der Waals surface area contributed by atoms with Gasteiger partial charge in [0.1, 0.15) is 0 Å². The van der Waals surface area contributed by atoms with Crippen LogP contribution >= 0.6 is 0 Å². The highest BCUT2D eigenvalue weighted by Gasteiger charge is 2.56. The summed E-state index contributed by atoms with van der Waals surface area (Å²) < 4.78 is 4.83. The van der Waals surface area contributed by atoms with Crippen molar-refractivity contribution in [2.75, 3.05) is 0 Å². The Balaban J connectivity index is 1.84. The van der Waals surface area contributed by atoms with Crippen molar-refractivity contribution in [2.24, 2.45) is 23.7 Å². The summed E-state index contributed by atoms with van der Waals surface area (Å²) >= 11 is 0. The molecular weight excluding hydrogens is 264 g/mol. The normalized spacial score (nSPS) is 37.1. The third-order valence-corrected chi connectivity index (χ3v) is 5.59. The average molecular weight is 282 g/mol. The second-order valence-corrected chi connectivity index (χ2v) is 6.78. The summed E-state index contributed by atoms with van der Waals surface area (Å²) in [5.74, 6) is -0.825. The molecule has 1 saturated carbocycles. The van der Waals surface area contributed by atoms with Gasteiger partial charge < -0.3 is 4.74 Å². The maximum atomic E-state index is 11.9. The summed E-state index contributed by atoms with van der Waals surface area (Å²) in [4.78, 5) is 23.7. The molecule has 4 unspecified atom stereocenters. The predicted octanol–water partition coefficient (Wildman–Crippen LogP) is 3.10. The number of fused-ring (bicyclic) bond motifs is 5. The summed E-state index contributed by atoms with van der Waals surface area (Å²) in [6.45, 7) is 12.7. The lowest BCUT2D eigenvalue weighted by atomic mass is 9.71. The van der Waals surface area contributed by atoms with Gasteiger partial charge in [-0.1, -0.05) is 29.9 Å². The lowest BCUT2D eigenvalue weighted by Gasteiger charge is -2.30. The molecule has 0 radical (unpaired) electrons. The fourth-order valence-electron chi connectivity index (χ4n) is 4.66. The molecule has 0 aromatic carbocycles. The molecule has 2 bridgehead atoms. The number of allylic oxidation sites excluding steroid dienone is 6. The molecule has 4 atom stereocenters. The summed E-state index contributed by atoms with van der Waals surface area (Å²) in [6.07, 6.45) is 1.30. The van der Waals surface area contributed by atoms with Gasteiger partial charge in [0.2, 0.25) is 0 Å². The predicted molar refractivity (Wildman–Crippen MR) is 78.0 cm³/mol. The van der Waals surface area contributed by atoms with Gasteiger partial charge in [-0.05, 0) is 43.4 Å². The Kier molecular flexibility index (Phi) is 2.35. The minimum Gasteiger partial charge on any atom is -0.393 e. The Hall–Kier alpha value is -1.90. The molecule has 1 heterocycles. The fraction of sp³-hybridized carbons (Fsp3) is 0.444. The SMILES string of the molecule is C=C1C(=C)C2C3=C(CC4C(=O)OC(=O)C4C3)C1C2=C(C)C. The third kappa shape index (κ3) is 1.39. The Morgan fingerprint density at radius 3 is 1.76 bits per heavy atom. The van der Waals surface area contributed by atoms with Gasteiger partial charge in [-0.2, -0.15) is 0 Å². The van der Waals surface area contributed by atoms with Crippen molar-refractivity contribution in [3.63, 3.8) is 0 Å². The van der Waals surface area contributed by atoms with E-state index in [1.54, 1.807) is 0 Å². The van der Waals surface area contributed by atoms with Gasteiger partial charge in [0.05, 0.1) is 11.8 Å². The minimum absolute atomic E-state index is 0.215. The van der Waals surface area contributed by atoms with Crippen molar-refractivity contribution in [3.05, 3.63) is 46.6 Å². The zero-order valence-electron chi connectivity index (χ0n) is 12.4. The Bertz CT molecular complexity index is 648. The second-order valence-electron chi connectivity index (χ2n) is 6.78. The number of carbonyl (C=O) groups excluding carboxylic acids is 2. The standard InChI is InChI=1S/C18H18O3/c1-7(2)14-15-8(3)9(4)16(14)11-6-13-12(5-10(11)15)17(19)21-18(13)20/h12-13,15-16H,3-6H2,1-2H3. The molecule has 4 rings (SSSR count). The summed E-state index contributed by atoms with van der Waals surface area (Å²) in [6, 6.07) is 0. The highest BCUT2D eigenvalue weighted by atomic mass is 16.6. The van der Waals surface area contributed by atoms with Crippen LogP contribution in [-0.2, 0) is 14.3 Å². The second kappa shape index (κ2) is 3.85. The van der Waals surface area contributed by atoms with Gasteiger partial charge >= 0.3 is 11.9 Å². The monoisotopic (exact) mass is 282 g/mol. The van der Waals surface area contributed by atoms with E-state index in [9.17, 15) is 9.59 Å². The molecule has 4 aliphatic rings. The largest absolute Gasteiger partial charge is 0.393 e. The Morgan fingerprint density at radius 2 is 1.38 bits per heavy atom. The first-order valence-corrected chi connectivity index (χ1v) is 7.44. The van der Waals surface area contributed by atoms with Crippen LogP contribution in [0.2, 0.25) is 0 Å². The van der Waals surface area contributed by atoms with E-state index in [2.05, 4.69) is 27.0 Å². The Morgan fingerprint density at radius 1 is 0.952 bits per heavy atom. The van der Waals surface area contributed by atoms with Gasteiger partial charge in [-0.3, -0.25) is 9.59 Å². The molecule has 0 spiro atoms. The van der Waals surface area contributed by atoms with E-state index < -0.39 is 0 Å². The van der Waals surface area contributed by atoms with Crippen LogP contribution in [0.5, 0.6) is 0 Å². The number of ether oxygens (including phenoxy) is 1. The first kappa shape index (κ1) is 12.8. The van der Waals surface area contributed by atoms with E-state index in [0.717, 1.165) is 11.1 Å². The molecule has 21 heavy (non-hydrogen) atoms. The van der Waals surface area contributed by atoms with Crippen LogP contribution < -0.4 is 0 Å². The van der Waals surface area contributed by atoms with Crippen molar-refractivity contribution in [2.45, 2.75) is 26.7 Å². The van der Waals surface area contributed by atoms with E-state index in [4.69, 9.17) is 4.74 Å². The molecule has 0 amide bonds. The van der Waals surface area contributed by atoms with E-state index in [1.165, 1.54) is 22.3 Å². The number of rotatable bonds is 0. The van der Waals surface area contributed by atoms with Gasteiger partial charge in [-0.15, -0.1) is 0 Å². The minimum atomic E-state index is -0.345. The van der Waals surface area contributed by atoms with Crippen molar-refractivity contribution in [3.8, 4) is 0 Å². The van der Waals surface area contributed by atoms with Crippen LogP contribution in [0.1, 0.15) is 26.7 Å². The van der Waals surface area contributed by atoms with E-state index in [-0.39, 0.29) is 35.6 Å². The average Bonchev–Trinajstić information content (AvgIpc) is 2.99. The number of cyclic esters (lactones) is 2. The maximum absolute atomic E-state index is 11.9. The molecule has 108 valence electrons. The van der Waals surface area contributed by atoms with E-state index in [1.807, 2.05) is 0 Å². The topological polar surface area (TPSA) is 43.4 Å². The van der Waals surface area contributed by atoms with Crippen LogP contribution in [0.3, 0.4) is 0 Å². The molecule has 0 aromatic heterocycles. The molecule has 3 aliphatic carbocycles. The molecule has 3 nitrogen and oxygen atoms in total. The van der Waals surface area contributed by atoms with E-state index in [0.29, 0.717) is 12.8 Å². The molecule has 2 fully saturated rings. The Labute approximate surface area is 124 Å². The molecule has 0 N–H and O–H groups in total. The molecule has 3 heteroatoms. The van der Waals surface area contributed by atoms with Crippen LogP contribution in [0.25, 0.3) is 0 Å². The van der Waals surface area contributed by atoms with Crippen molar-refractivity contribution >= 4 is 11.9 Å². The van der Waals surface area contributed by atoms with Crippen LogP contribution in [0, 0.1) is 23.7 Å². The lowest BCUT2D eigenvalue weighted by molar-refractivity contribution is -0.153. The van der Waals surface area contributed by atoms with Gasteiger partial charge in [-0.25, -0.2) is 0 Å². The molecule has 1 aliphatic heterocycles. The fourth-order valence-corrected chi connectivity index (χ4v) is 4.66. The molecular formula is C18H18O3. The van der Waals surface area contributed by atoms with Crippen molar-refractivity contribution in [1.82, 2.24) is 0 Å². The number of carbonyl (C=O) groups is 2. The zero-order chi connectivity index (χ0) is 15.0. The quantitative estimate of drug-likeness (QED) is 0.389. The van der Waals surface area contributed by atoms with Crippen LogP contribution in [-0.4, -0.2) is 11.9 Å². The summed E-state index contributed by atoms with van der Waals surface area (Å²) in [7, 11) is 0.